The monoisotopic (exact) mass is 252 g/mol. The summed E-state index contributed by atoms with van der Waals surface area (Å²) in [5, 5.41) is 5.97. The average molecular weight is 252 g/mol. The normalized spacial score (nSPS) is 33.8. The molecule has 18 heavy (non-hydrogen) atoms. The van der Waals surface area contributed by atoms with Gasteiger partial charge in [0.2, 0.25) is 5.91 Å². The predicted molar refractivity (Wildman–Crippen MR) is 66.8 cm³/mol. The number of carbonyl (C=O) groups excluding carboxylic acids is 2. The van der Waals surface area contributed by atoms with E-state index in [1.807, 2.05) is 0 Å². The lowest BCUT2D eigenvalue weighted by Gasteiger charge is -2.19. The first-order valence-electron chi connectivity index (χ1n) is 6.49. The molecule has 1 aliphatic heterocycles. The summed E-state index contributed by atoms with van der Waals surface area (Å²) >= 11 is 0. The minimum atomic E-state index is -0.862. The van der Waals surface area contributed by atoms with Gasteiger partial charge >= 0.3 is 5.97 Å². The maximum Gasteiger partial charge on any atom is 0.332 e. The molecule has 2 N–H and O–H groups in total. The number of hydrogen-bond acceptors (Lipinski definition) is 4. The second kappa shape index (κ2) is 5.10. The van der Waals surface area contributed by atoms with Crippen LogP contribution in [0.1, 0.15) is 26.2 Å². The van der Waals surface area contributed by atoms with Crippen LogP contribution < -0.4 is 10.6 Å². The molecule has 3 unspecified atom stereocenters. The summed E-state index contributed by atoms with van der Waals surface area (Å²) in [5.41, 5.74) is -0.862. The highest BCUT2D eigenvalue weighted by atomic mass is 16.5. The van der Waals surface area contributed by atoms with Gasteiger partial charge in [-0.2, -0.15) is 0 Å². The molecule has 0 radical (unpaired) electrons. The Hall–Kier alpha value is -1.36. The Morgan fingerprint density at radius 3 is 2.89 bits per heavy atom. The lowest BCUT2D eigenvalue weighted by molar-refractivity contribution is -0.149. The second-order valence-corrected chi connectivity index (χ2v) is 4.88. The van der Waals surface area contributed by atoms with Crippen LogP contribution in [0, 0.1) is 5.92 Å². The third kappa shape index (κ3) is 2.27. The van der Waals surface area contributed by atoms with Crippen molar-refractivity contribution in [1.82, 2.24) is 10.6 Å². The van der Waals surface area contributed by atoms with Gasteiger partial charge < -0.3 is 15.4 Å². The molecule has 1 amide bonds. The molecular weight excluding hydrogens is 232 g/mol. The van der Waals surface area contributed by atoms with Crippen LogP contribution in [0.4, 0.5) is 0 Å². The standard InChI is InChI=1S/C13H20N2O3/c1-3-9-8-13(9,12(17)18-4-2)15-11(16)10-6-5-7-14-10/h3,9-10,14H,1,4-8H2,2H3,(H,15,16). The van der Waals surface area contributed by atoms with E-state index in [0.717, 1.165) is 19.4 Å². The maximum atomic E-state index is 12.1. The van der Waals surface area contributed by atoms with Crippen LogP contribution in [0.2, 0.25) is 0 Å². The van der Waals surface area contributed by atoms with Crippen molar-refractivity contribution in [2.24, 2.45) is 5.92 Å². The van der Waals surface area contributed by atoms with Crippen molar-refractivity contribution in [3.63, 3.8) is 0 Å². The van der Waals surface area contributed by atoms with Gasteiger partial charge in [0.1, 0.15) is 5.54 Å². The fourth-order valence-corrected chi connectivity index (χ4v) is 2.48. The Morgan fingerprint density at radius 1 is 1.61 bits per heavy atom. The topological polar surface area (TPSA) is 67.4 Å². The van der Waals surface area contributed by atoms with Gasteiger partial charge in [-0.15, -0.1) is 6.58 Å². The first-order chi connectivity index (χ1) is 8.64. The van der Waals surface area contributed by atoms with Gasteiger partial charge in [-0.05, 0) is 32.7 Å². The minimum absolute atomic E-state index is 0.0121. The zero-order chi connectivity index (χ0) is 13.2. The molecule has 0 spiro atoms. The molecule has 0 aromatic heterocycles. The van der Waals surface area contributed by atoms with E-state index in [1.54, 1.807) is 13.0 Å². The summed E-state index contributed by atoms with van der Waals surface area (Å²) in [5.74, 6) is -0.465. The summed E-state index contributed by atoms with van der Waals surface area (Å²) in [6, 6.07) is -0.178. The summed E-state index contributed by atoms with van der Waals surface area (Å²) in [6.07, 6.45) is 4.12. The summed E-state index contributed by atoms with van der Waals surface area (Å²) in [7, 11) is 0. The van der Waals surface area contributed by atoms with E-state index >= 15 is 0 Å². The minimum Gasteiger partial charge on any atom is -0.464 e. The van der Waals surface area contributed by atoms with Crippen molar-refractivity contribution < 1.29 is 14.3 Å². The summed E-state index contributed by atoms with van der Waals surface area (Å²) in [4.78, 5) is 24.0. The largest absolute Gasteiger partial charge is 0.464 e. The summed E-state index contributed by atoms with van der Waals surface area (Å²) in [6.45, 7) is 6.63. The molecule has 1 aliphatic carbocycles. The van der Waals surface area contributed by atoms with Crippen molar-refractivity contribution >= 4 is 11.9 Å². The van der Waals surface area contributed by atoms with Crippen LogP contribution in [-0.4, -0.2) is 36.6 Å². The number of rotatable bonds is 5. The molecule has 1 heterocycles. The second-order valence-electron chi connectivity index (χ2n) is 4.88. The van der Waals surface area contributed by atoms with Gasteiger partial charge in [0, 0.05) is 5.92 Å². The van der Waals surface area contributed by atoms with E-state index in [2.05, 4.69) is 17.2 Å². The van der Waals surface area contributed by atoms with Gasteiger partial charge in [0.15, 0.2) is 0 Å². The van der Waals surface area contributed by atoms with Gasteiger partial charge in [-0.25, -0.2) is 4.79 Å². The molecule has 3 atom stereocenters. The first kappa shape index (κ1) is 13.1. The molecule has 2 fully saturated rings. The number of amides is 1. The van der Waals surface area contributed by atoms with Gasteiger partial charge in [0.05, 0.1) is 12.6 Å². The zero-order valence-corrected chi connectivity index (χ0v) is 10.7. The highest BCUT2D eigenvalue weighted by molar-refractivity contribution is 5.93. The molecule has 5 heteroatoms. The van der Waals surface area contributed by atoms with Crippen molar-refractivity contribution in [2.45, 2.75) is 37.8 Å². The van der Waals surface area contributed by atoms with Crippen LogP contribution in [-0.2, 0) is 14.3 Å². The molecule has 1 saturated carbocycles. The van der Waals surface area contributed by atoms with Crippen LogP contribution in [0.25, 0.3) is 0 Å². The number of hydrogen-bond donors (Lipinski definition) is 2. The zero-order valence-electron chi connectivity index (χ0n) is 10.7. The molecule has 100 valence electrons. The number of ether oxygens (including phenoxy) is 1. The SMILES string of the molecule is C=CC1CC1(NC(=O)C1CCCN1)C(=O)OCC. The Morgan fingerprint density at radius 2 is 2.39 bits per heavy atom. The van der Waals surface area contributed by atoms with Crippen molar-refractivity contribution in [3.05, 3.63) is 12.7 Å². The highest BCUT2D eigenvalue weighted by Crippen LogP contribution is 2.45. The van der Waals surface area contributed by atoms with Crippen molar-refractivity contribution in [1.29, 1.82) is 0 Å². The fourth-order valence-electron chi connectivity index (χ4n) is 2.48. The molecule has 2 rings (SSSR count). The molecule has 1 saturated heterocycles. The Balaban J connectivity index is 2.00. The van der Waals surface area contributed by atoms with Gasteiger partial charge in [-0.1, -0.05) is 6.08 Å². The summed E-state index contributed by atoms with van der Waals surface area (Å²) < 4.78 is 5.04. The van der Waals surface area contributed by atoms with Crippen molar-refractivity contribution in [2.75, 3.05) is 13.2 Å². The number of esters is 1. The highest BCUT2D eigenvalue weighted by Gasteiger charge is 2.61. The lowest BCUT2D eigenvalue weighted by atomic mass is 10.1. The van der Waals surface area contributed by atoms with Crippen LogP contribution in [0.5, 0.6) is 0 Å². The molecule has 0 bridgehead atoms. The van der Waals surface area contributed by atoms with E-state index in [4.69, 9.17) is 4.74 Å². The third-order valence-electron chi connectivity index (χ3n) is 3.66. The third-order valence-corrected chi connectivity index (χ3v) is 3.66. The number of nitrogens with one attached hydrogen (secondary N) is 2. The van der Waals surface area contributed by atoms with E-state index < -0.39 is 5.54 Å². The Bertz CT molecular complexity index is 363. The van der Waals surface area contributed by atoms with Crippen molar-refractivity contribution in [3.8, 4) is 0 Å². The average Bonchev–Trinajstić information content (AvgIpc) is 2.82. The molecular formula is C13H20N2O3. The molecule has 0 aromatic rings. The maximum absolute atomic E-state index is 12.1. The Kier molecular flexibility index (Phi) is 3.71. The smallest absolute Gasteiger partial charge is 0.332 e. The predicted octanol–water partition coefficient (Wildman–Crippen LogP) is 0.362. The Labute approximate surface area is 107 Å². The molecule has 0 aromatic carbocycles. The molecule has 5 nitrogen and oxygen atoms in total. The van der Waals surface area contributed by atoms with E-state index in [1.165, 1.54) is 0 Å². The quantitative estimate of drug-likeness (QED) is 0.548. The van der Waals surface area contributed by atoms with Gasteiger partial charge in [0.25, 0.3) is 0 Å². The van der Waals surface area contributed by atoms with Gasteiger partial charge in [-0.3, -0.25) is 4.79 Å². The van der Waals surface area contributed by atoms with E-state index in [9.17, 15) is 9.59 Å². The molecule has 2 aliphatic rings. The van der Waals surface area contributed by atoms with E-state index in [-0.39, 0.29) is 23.8 Å². The van der Waals surface area contributed by atoms with Crippen LogP contribution >= 0.6 is 0 Å². The lowest BCUT2D eigenvalue weighted by Crippen LogP contribution is -2.51. The van der Waals surface area contributed by atoms with Crippen LogP contribution in [0.3, 0.4) is 0 Å². The first-order valence-corrected chi connectivity index (χ1v) is 6.49. The fraction of sp³-hybridized carbons (Fsp3) is 0.692. The number of carbonyl (C=O) groups is 2. The van der Waals surface area contributed by atoms with Crippen LogP contribution in [0.15, 0.2) is 12.7 Å². The van der Waals surface area contributed by atoms with E-state index in [0.29, 0.717) is 13.0 Å².